The summed E-state index contributed by atoms with van der Waals surface area (Å²) in [5.41, 5.74) is 0.961. The molecule has 1 N–H and O–H groups in total. The van der Waals surface area contributed by atoms with Crippen LogP contribution in [0.3, 0.4) is 0 Å². The van der Waals surface area contributed by atoms with Crippen LogP contribution in [0.1, 0.15) is 22.1 Å². The minimum atomic E-state index is -0.973. The van der Waals surface area contributed by atoms with E-state index in [0.717, 1.165) is 11.3 Å². The maximum atomic E-state index is 11.2. The van der Waals surface area contributed by atoms with Crippen LogP contribution < -0.4 is 0 Å². The highest BCUT2D eigenvalue weighted by Gasteiger charge is 2.13. The summed E-state index contributed by atoms with van der Waals surface area (Å²) < 4.78 is 6.89. The van der Waals surface area contributed by atoms with Crippen LogP contribution in [-0.4, -0.2) is 20.5 Å². The molecule has 5 nitrogen and oxygen atoms in total. The van der Waals surface area contributed by atoms with Gasteiger partial charge in [0, 0.05) is 0 Å². The number of imidazole rings is 1. The zero-order valence-corrected chi connectivity index (χ0v) is 9.41. The molecule has 3 rings (SSSR count). The van der Waals surface area contributed by atoms with Gasteiger partial charge in [-0.15, -0.1) is 0 Å². The molecule has 0 atom stereocenters. The number of aromatic carboxylic acids is 1. The van der Waals surface area contributed by atoms with E-state index in [9.17, 15) is 9.90 Å². The first-order chi connectivity index (χ1) is 8.75. The van der Waals surface area contributed by atoms with E-state index in [-0.39, 0.29) is 5.69 Å². The highest BCUT2D eigenvalue weighted by atomic mass is 16.4. The number of furan rings is 1. The number of hydrogen-bond donors (Lipinski definition) is 1. The van der Waals surface area contributed by atoms with Gasteiger partial charge in [-0.3, -0.25) is 4.40 Å². The van der Waals surface area contributed by atoms with Gasteiger partial charge in [-0.1, -0.05) is 6.07 Å². The number of carbonyl (C=O) groups is 1. The first-order valence-electron chi connectivity index (χ1n) is 5.47. The molecular weight excluding hydrogens is 232 g/mol. The lowest BCUT2D eigenvalue weighted by molar-refractivity contribution is 0.0688. The molecule has 3 heterocycles. The Balaban J connectivity index is 2.15. The molecule has 0 spiro atoms. The second-order valence-electron chi connectivity index (χ2n) is 3.91. The van der Waals surface area contributed by atoms with Gasteiger partial charge in [0.2, 0.25) is 0 Å². The van der Waals surface area contributed by atoms with E-state index in [0.29, 0.717) is 12.2 Å². The smallest absolute Gasteiger partial charge is 0.352 e. The Morgan fingerprint density at radius 2 is 2.22 bits per heavy atom. The van der Waals surface area contributed by atoms with E-state index in [1.54, 1.807) is 35.1 Å². The molecule has 0 aliphatic carbocycles. The lowest BCUT2D eigenvalue weighted by Crippen LogP contribution is -2.07. The fourth-order valence-electron chi connectivity index (χ4n) is 1.97. The molecule has 0 fully saturated rings. The third kappa shape index (κ3) is 1.66. The maximum absolute atomic E-state index is 11.2. The SMILES string of the molecule is O=C(O)c1cccc2cnc(Cc3ccco3)n12. The molecule has 18 heavy (non-hydrogen) atoms. The topological polar surface area (TPSA) is 67.7 Å². The summed E-state index contributed by atoms with van der Waals surface area (Å²) in [6, 6.07) is 8.72. The molecule has 0 saturated carbocycles. The van der Waals surface area contributed by atoms with E-state index < -0.39 is 5.97 Å². The van der Waals surface area contributed by atoms with E-state index in [2.05, 4.69) is 4.98 Å². The van der Waals surface area contributed by atoms with Crippen LogP contribution in [0.5, 0.6) is 0 Å². The van der Waals surface area contributed by atoms with E-state index >= 15 is 0 Å². The summed E-state index contributed by atoms with van der Waals surface area (Å²) in [6.07, 6.45) is 3.71. The summed E-state index contributed by atoms with van der Waals surface area (Å²) in [6.45, 7) is 0. The predicted octanol–water partition coefficient (Wildman–Crippen LogP) is 2.22. The van der Waals surface area contributed by atoms with Crippen molar-refractivity contribution in [2.75, 3.05) is 0 Å². The number of pyridine rings is 1. The fraction of sp³-hybridized carbons (Fsp3) is 0.0769. The van der Waals surface area contributed by atoms with Gasteiger partial charge in [-0.2, -0.15) is 0 Å². The standard InChI is InChI=1S/C13H10N2O3/c16-13(17)11-5-1-3-9-8-14-12(15(9)11)7-10-4-2-6-18-10/h1-6,8H,7H2,(H,16,17). The Hall–Kier alpha value is -2.56. The van der Waals surface area contributed by atoms with Crippen LogP contribution >= 0.6 is 0 Å². The first-order valence-corrected chi connectivity index (χ1v) is 5.47. The van der Waals surface area contributed by atoms with Crippen molar-refractivity contribution < 1.29 is 14.3 Å². The van der Waals surface area contributed by atoms with Crippen LogP contribution in [0.4, 0.5) is 0 Å². The van der Waals surface area contributed by atoms with Crippen LogP contribution in [0.15, 0.2) is 47.2 Å². The van der Waals surface area contributed by atoms with Crippen molar-refractivity contribution in [3.63, 3.8) is 0 Å². The molecule has 0 radical (unpaired) electrons. The van der Waals surface area contributed by atoms with Crippen molar-refractivity contribution in [3.05, 3.63) is 60.1 Å². The van der Waals surface area contributed by atoms with Crippen LogP contribution in [0.2, 0.25) is 0 Å². The van der Waals surface area contributed by atoms with E-state index in [1.165, 1.54) is 0 Å². The Morgan fingerprint density at radius 1 is 1.33 bits per heavy atom. The summed E-state index contributed by atoms with van der Waals surface area (Å²) in [5.74, 6) is 0.430. The normalized spacial score (nSPS) is 10.9. The highest BCUT2D eigenvalue weighted by molar-refractivity contribution is 5.86. The molecule has 90 valence electrons. The minimum Gasteiger partial charge on any atom is -0.477 e. The average Bonchev–Trinajstić information content (AvgIpc) is 2.99. The van der Waals surface area contributed by atoms with Gasteiger partial charge in [0.1, 0.15) is 17.3 Å². The van der Waals surface area contributed by atoms with Crippen LogP contribution in [0, 0.1) is 0 Å². The summed E-state index contributed by atoms with van der Waals surface area (Å²) in [7, 11) is 0. The van der Waals surface area contributed by atoms with Crippen molar-refractivity contribution in [3.8, 4) is 0 Å². The molecule has 3 aromatic rings. The molecule has 0 bridgehead atoms. The molecular formula is C13H10N2O3. The molecule has 0 aliphatic heterocycles. The Morgan fingerprint density at radius 3 is 2.94 bits per heavy atom. The lowest BCUT2D eigenvalue weighted by Gasteiger charge is -2.04. The molecule has 0 aliphatic rings. The minimum absolute atomic E-state index is 0.201. The highest BCUT2D eigenvalue weighted by Crippen LogP contribution is 2.15. The zero-order valence-electron chi connectivity index (χ0n) is 9.41. The van der Waals surface area contributed by atoms with E-state index in [4.69, 9.17) is 4.42 Å². The van der Waals surface area contributed by atoms with Crippen molar-refractivity contribution >= 4 is 11.5 Å². The second kappa shape index (κ2) is 4.03. The molecule has 0 saturated heterocycles. The summed E-state index contributed by atoms with van der Waals surface area (Å²) >= 11 is 0. The first kappa shape index (κ1) is 10.6. The molecule has 3 aromatic heterocycles. The van der Waals surface area contributed by atoms with Gasteiger partial charge in [0.05, 0.1) is 24.4 Å². The number of carboxylic acid groups (broad SMARTS) is 1. The predicted molar refractivity (Wildman–Crippen MR) is 63.7 cm³/mol. The lowest BCUT2D eigenvalue weighted by atomic mass is 10.3. The second-order valence-corrected chi connectivity index (χ2v) is 3.91. The third-order valence-corrected chi connectivity index (χ3v) is 2.76. The van der Waals surface area contributed by atoms with Gasteiger partial charge in [0.25, 0.3) is 0 Å². The summed E-state index contributed by atoms with van der Waals surface area (Å²) in [5, 5.41) is 9.18. The Bertz CT molecular complexity index is 698. The van der Waals surface area contributed by atoms with Crippen molar-refractivity contribution in [1.82, 2.24) is 9.38 Å². The number of nitrogens with zero attached hydrogens (tertiary/aromatic N) is 2. The Kier molecular flexibility index (Phi) is 2.37. The van der Waals surface area contributed by atoms with Gasteiger partial charge < -0.3 is 9.52 Å². The van der Waals surface area contributed by atoms with Gasteiger partial charge in [-0.25, -0.2) is 9.78 Å². The fourth-order valence-corrected chi connectivity index (χ4v) is 1.97. The van der Waals surface area contributed by atoms with Crippen molar-refractivity contribution in [2.45, 2.75) is 6.42 Å². The van der Waals surface area contributed by atoms with Gasteiger partial charge in [0.15, 0.2) is 0 Å². The van der Waals surface area contributed by atoms with Crippen LogP contribution in [-0.2, 0) is 6.42 Å². The number of fused-ring (bicyclic) bond motifs is 1. The average molecular weight is 242 g/mol. The van der Waals surface area contributed by atoms with Crippen molar-refractivity contribution in [1.29, 1.82) is 0 Å². The monoisotopic (exact) mass is 242 g/mol. The molecule has 0 unspecified atom stereocenters. The number of carboxylic acids is 1. The molecule has 0 aromatic carbocycles. The summed E-state index contributed by atoms with van der Waals surface area (Å²) in [4.78, 5) is 15.4. The number of rotatable bonds is 3. The molecule has 0 amide bonds. The van der Waals surface area contributed by atoms with Gasteiger partial charge in [-0.05, 0) is 24.3 Å². The van der Waals surface area contributed by atoms with Crippen molar-refractivity contribution in [2.24, 2.45) is 0 Å². The number of aromatic nitrogens is 2. The maximum Gasteiger partial charge on any atom is 0.352 e. The van der Waals surface area contributed by atoms with E-state index in [1.807, 2.05) is 12.1 Å². The van der Waals surface area contributed by atoms with Crippen LogP contribution in [0.25, 0.3) is 5.52 Å². The largest absolute Gasteiger partial charge is 0.477 e. The van der Waals surface area contributed by atoms with Gasteiger partial charge >= 0.3 is 5.97 Å². The molecule has 5 heteroatoms. The quantitative estimate of drug-likeness (QED) is 0.764. The Labute approximate surface area is 102 Å². The number of hydrogen-bond acceptors (Lipinski definition) is 3. The zero-order chi connectivity index (χ0) is 12.5. The third-order valence-electron chi connectivity index (χ3n) is 2.76.